The Balaban J connectivity index is 1.32. The molecule has 152 valence electrons. The van der Waals surface area contributed by atoms with Crippen molar-refractivity contribution in [2.24, 2.45) is 0 Å². The third kappa shape index (κ3) is 3.91. The summed E-state index contributed by atoms with van der Waals surface area (Å²) < 4.78 is 0. The van der Waals surface area contributed by atoms with Crippen molar-refractivity contribution >= 4 is 17.5 Å². The molecular formula is C23H27N3O3. The van der Waals surface area contributed by atoms with Crippen LogP contribution < -0.4 is 4.90 Å². The Morgan fingerprint density at radius 3 is 2.14 bits per heavy atom. The zero-order chi connectivity index (χ0) is 20.5. The van der Waals surface area contributed by atoms with Gasteiger partial charge in [-0.1, -0.05) is 24.3 Å². The van der Waals surface area contributed by atoms with Crippen molar-refractivity contribution in [2.75, 3.05) is 44.2 Å². The van der Waals surface area contributed by atoms with E-state index in [-0.39, 0.29) is 18.4 Å². The van der Waals surface area contributed by atoms with Gasteiger partial charge in [-0.15, -0.1) is 0 Å². The van der Waals surface area contributed by atoms with Crippen molar-refractivity contribution in [3.63, 3.8) is 0 Å². The number of rotatable bonds is 5. The van der Waals surface area contributed by atoms with Crippen LogP contribution in [0.2, 0.25) is 0 Å². The van der Waals surface area contributed by atoms with E-state index in [1.54, 1.807) is 24.3 Å². The monoisotopic (exact) mass is 393 g/mol. The first-order chi connectivity index (χ1) is 13.9. The highest BCUT2D eigenvalue weighted by Gasteiger charge is 2.36. The van der Waals surface area contributed by atoms with E-state index >= 15 is 0 Å². The van der Waals surface area contributed by atoms with Crippen LogP contribution in [0.5, 0.6) is 0 Å². The Kier molecular flexibility index (Phi) is 5.39. The standard InChI is InChI=1S/C23H27N3O3/c1-16-7-8-17(2)21(13-16)25-11-9-24(10-12-25)14-18(27)15-26-22(28)19-5-3-4-6-20(19)23(26)29/h3-8,13,18,27H,9-12,14-15H2,1-2H3. The molecule has 2 aliphatic rings. The van der Waals surface area contributed by atoms with Crippen molar-refractivity contribution < 1.29 is 14.7 Å². The minimum atomic E-state index is -0.760. The molecule has 29 heavy (non-hydrogen) atoms. The zero-order valence-corrected chi connectivity index (χ0v) is 17.0. The fourth-order valence-electron chi connectivity index (χ4n) is 4.20. The summed E-state index contributed by atoms with van der Waals surface area (Å²) in [6.45, 7) is 8.19. The van der Waals surface area contributed by atoms with Crippen molar-refractivity contribution in [3.8, 4) is 0 Å². The lowest BCUT2D eigenvalue weighted by molar-refractivity contribution is 0.0469. The number of hydrogen-bond donors (Lipinski definition) is 1. The third-order valence-corrected chi connectivity index (χ3v) is 5.82. The molecule has 2 amide bonds. The maximum Gasteiger partial charge on any atom is 0.261 e. The largest absolute Gasteiger partial charge is 0.390 e. The Bertz CT molecular complexity index is 900. The van der Waals surface area contributed by atoms with Crippen LogP contribution in [0.15, 0.2) is 42.5 Å². The van der Waals surface area contributed by atoms with Gasteiger partial charge in [0.1, 0.15) is 0 Å². The maximum absolute atomic E-state index is 12.5. The molecule has 1 unspecified atom stereocenters. The number of aliphatic hydroxyl groups excluding tert-OH is 1. The zero-order valence-electron chi connectivity index (χ0n) is 17.0. The van der Waals surface area contributed by atoms with E-state index in [9.17, 15) is 14.7 Å². The molecule has 0 aliphatic carbocycles. The van der Waals surface area contributed by atoms with Crippen LogP contribution in [-0.4, -0.2) is 72.1 Å². The molecule has 2 aliphatic heterocycles. The van der Waals surface area contributed by atoms with Gasteiger partial charge in [0.05, 0.1) is 23.8 Å². The normalized spacial score (nSPS) is 18.3. The molecule has 0 aromatic heterocycles. The molecule has 1 saturated heterocycles. The Morgan fingerprint density at radius 1 is 0.897 bits per heavy atom. The SMILES string of the molecule is Cc1ccc(C)c(N2CCN(CC(O)CN3C(=O)c4ccccc4C3=O)CC2)c1. The lowest BCUT2D eigenvalue weighted by Gasteiger charge is -2.38. The number of piperazine rings is 1. The van der Waals surface area contributed by atoms with E-state index in [4.69, 9.17) is 0 Å². The molecule has 6 heteroatoms. The summed E-state index contributed by atoms with van der Waals surface area (Å²) in [7, 11) is 0. The summed E-state index contributed by atoms with van der Waals surface area (Å²) >= 11 is 0. The lowest BCUT2D eigenvalue weighted by atomic mass is 10.1. The minimum absolute atomic E-state index is 0.0313. The van der Waals surface area contributed by atoms with E-state index in [0.717, 1.165) is 26.2 Å². The second kappa shape index (κ2) is 7.97. The van der Waals surface area contributed by atoms with Gasteiger partial charge in [0.2, 0.25) is 0 Å². The molecule has 2 heterocycles. The number of amides is 2. The molecule has 1 N–H and O–H groups in total. The molecule has 1 atom stereocenters. The van der Waals surface area contributed by atoms with Crippen LogP contribution >= 0.6 is 0 Å². The molecule has 0 spiro atoms. The molecule has 2 aromatic rings. The first-order valence-corrected chi connectivity index (χ1v) is 10.1. The molecular weight excluding hydrogens is 366 g/mol. The van der Waals surface area contributed by atoms with Crippen LogP contribution in [-0.2, 0) is 0 Å². The number of imide groups is 1. The summed E-state index contributed by atoms with van der Waals surface area (Å²) in [5.41, 5.74) is 4.65. The van der Waals surface area contributed by atoms with Crippen molar-refractivity contribution in [1.82, 2.24) is 9.80 Å². The van der Waals surface area contributed by atoms with Gasteiger partial charge in [0.15, 0.2) is 0 Å². The molecule has 0 radical (unpaired) electrons. The highest BCUT2D eigenvalue weighted by molar-refractivity contribution is 6.21. The fourth-order valence-corrected chi connectivity index (χ4v) is 4.20. The molecule has 2 aromatic carbocycles. The van der Waals surface area contributed by atoms with E-state index in [1.807, 2.05) is 0 Å². The second-order valence-corrected chi connectivity index (χ2v) is 8.00. The number of anilines is 1. The van der Waals surface area contributed by atoms with Gasteiger partial charge in [-0.25, -0.2) is 0 Å². The number of β-amino-alcohol motifs (C(OH)–C–C–N with tert-alkyl or cyclic N) is 1. The number of fused-ring (bicyclic) bond motifs is 1. The summed E-state index contributed by atoms with van der Waals surface area (Å²) in [5, 5.41) is 10.5. The first-order valence-electron chi connectivity index (χ1n) is 10.1. The Labute approximate surface area is 171 Å². The van der Waals surface area contributed by atoms with Crippen LogP contribution in [0.3, 0.4) is 0 Å². The van der Waals surface area contributed by atoms with E-state index in [0.29, 0.717) is 17.7 Å². The quantitative estimate of drug-likeness (QED) is 0.788. The van der Waals surface area contributed by atoms with Crippen molar-refractivity contribution in [2.45, 2.75) is 20.0 Å². The van der Waals surface area contributed by atoms with Gasteiger partial charge in [0, 0.05) is 38.4 Å². The average molecular weight is 393 g/mol. The summed E-state index contributed by atoms with van der Waals surface area (Å²) in [4.78, 5) is 30.7. The van der Waals surface area contributed by atoms with E-state index in [1.165, 1.54) is 21.7 Å². The molecule has 0 bridgehead atoms. The number of aliphatic hydroxyl groups is 1. The topological polar surface area (TPSA) is 64.1 Å². The maximum atomic E-state index is 12.5. The number of carbonyl (C=O) groups excluding carboxylic acids is 2. The first kappa shape index (κ1) is 19.6. The van der Waals surface area contributed by atoms with Gasteiger partial charge >= 0.3 is 0 Å². The number of hydrogen-bond acceptors (Lipinski definition) is 5. The van der Waals surface area contributed by atoms with Gasteiger partial charge in [0.25, 0.3) is 11.8 Å². The number of carbonyl (C=O) groups is 2. The third-order valence-electron chi connectivity index (χ3n) is 5.82. The van der Waals surface area contributed by atoms with Crippen LogP contribution in [0.1, 0.15) is 31.8 Å². The highest BCUT2D eigenvalue weighted by atomic mass is 16.3. The van der Waals surface area contributed by atoms with Gasteiger partial charge < -0.3 is 10.0 Å². The second-order valence-electron chi connectivity index (χ2n) is 8.00. The minimum Gasteiger partial charge on any atom is -0.390 e. The van der Waals surface area contributed by atoms with Gasteiger partial charge in [-0.3, -0.25) is 19.4 Å². The number of aryl methyl sites for hydroxylation is 2. The fraction of sp³-hybridized carbons (Fsp3) is 0.391. The highest BCUT2D eigenvalue weighted by Crippen LogP contribution is 2.24. The predicted molar refractivity (Wildman–Crippen MR) is 112 cm³/mol. The van der Waals surface area contributed by atoms with Crippen LogP contribution in [0.25, 0.3) is 0 Å². The molecule has 0 saturated carbocycles. The van der Waals surface area contributed by atoms with Crippen LogP contribution in [0, 0.1) is 13.8 Å². The molecule has 4 rings (SSSR count). The number of benzene rings is 2. The van der Waals surface area contributed by atoms with Crippen molar-refractivity contribution in [1.29, 1.82) is 0 Å². The smallest absolute Gasteiger partial charge is 0.261 e. The Hall–Kier alpha value is -2.70. The summed E-state index contributed by atoms with van der Waals surface area (Å²) in [5.74, 6) is -0.631. The van der Waals surface area contributed by atoms with Crippen LogP contribution in [0.4, 0.5) is 5.69 Å². The average Bonchev–Trinajstić information content (AvgIpc) is 2.96. The summed E-state index contributed by atoms with van der Waals surface area (Å²) in [6.07, 6.45) is -0.760. The van der Waals surface area contributed by atoms with E-state index < -0.39 is 6.10 Å². The lowest BCUT2D eigenvalue weighted by Crippen LogP contribution is -2.50. The number of nitrogens with zero attached hydrogens (tertiary/aromatic N) is 3. The van der Waals surface area contributed by atoms with Gasteiger partial charge in [-0.2, -0.15) is 0 Å². The van der Waals surface area contributed by atoms with Gasteiger partial charge in [-0.05, 0) is 43.2 Å². The summed E-state index contributed by atoms with van der Waals surface area (Å²) in [6, 6.07) is 13.3. The molecule has 6 nitrogen and oxygen atoms in total. The van der Waals surface area contributed by atoms with E-state index in [2.05, 4.69) is 41.8 Å². The molecule has 1 fully saturated rings. The van der Waals surface area contributed by atoms with Crippen molar-refractivity contribution in [3.05, 3.63) is 64.7 Å². The predicted octanol–water partition coefficient (Wildman–Crippen LogP) is 2.08. The Morgan fingerprint density at radius 2 is 1.52 bits per heavy atom.